The van der Waals surface area contributed by atoms with Crippen molar-refractivity contribution >= 4 is 5.91 Å². The third-order valence-electron chi connectivity index (χ3n) is 2.15. The summed E-state index contributed by atoms with van der Waals surface area (Å²) in [7, 11) is 0. The highest BCUT2D eigenvalue weighted by Crippen LogP contribution is 2.05. The Morgan fingerprint density at radius 3 is 2.62 bits per heavy atom. The minimum atomic E-state index is 0.158. The average molecular weight is 183 g/mol. The molecular formula is C10H17NO2. The van der Waals surface area contributed by atoms with Crippen LogP contribution in [0.5, 0.6) is 0 Å². The Labute approximate surface area is 79.4 Å². The van der Waals surface area contributed by atoms with E-state index in [9.17, 15) is 4.79 Å². The maximum atomic E-state index is 11.7. The Bertz CT molecular complexity index is 205. The van der Waals surface area contributed by atoms with E-state index >= 15 is 0 Å². The summed E-state index contributed by atoms with van der Waals surface area (Å²) in [6.07, 6.45) is 2.89. The maximum absolute atomic E-state index is 11.7. The Kier molecular flexibility index (Phi) is 3.96. The SMILES string of the molecule is CC/C=C(\C)C(=O)N1CCOCC1. The first-order valence-corrected chi connectivity index (χ1v) is 4.79. The second-order valence-corrected chi connectivity index (χ2v) is 3.20. The minimum Gasteiger partial charge on any atom is -0.378 e. The highest BCUT2D eigenvalue weighted by atomic mass is 16.5. The van der Waals surface area contributed by atoms with E-state index in [1.165, 1.54) is 0 Å². The summed E-state index contributed by atoms with van der Waals surface area (Å²) < 4.78 is 5.18. The normalized spacial score (nSPS) is 18.9. The molecule has 74 valence electrons. The van der Waals surface area contributed by atoms with E-state index in [0.29, 0.717) is 13.2 Å². The number of ether oxygens (including phenoxy) is 1. The number of carbonyl (C=O) groups excluding carboxylic acids is 1. The predicted molar refractivity (Wildman–Crippen MR) is 51.4 cm³/mol. The van der Waals surface area contributed by atoms with Crippen LogP contribution in [0.1, 0.15) is 20.3 Å². The van der Waals surface area contributed by atoms with Crippen molar-refractivity contribution in [1.29, 1.82) is 0 Å². The van der Waals surface area contributed by atoms with Crippen molar-refractivity contribution in [2.45, 2.75) is 20.3 Å². The van der Waals surface area contributed by atoms with Crippen LogP contribution in [0.2, 0.25) is 0 Å². The summed E-state index contributed by atoms with van der Waals surface area (Å²) in [5, 5.41) is 0. The van der Waals surface area contributed by atoms with Gasteiger partial charge in [-0.05, 0) is 13.3 Å². The van der Waals surface area contributed by atoms with E-state index in [-0.39, 0.29) is 5.91 Å². The first kappa shape index (κ1) is 10.3. The third-order valence-corrected chi connectivity index (χ3v) is 2.15. The monoisotopic (exact) mass is 183 g/mol. The van der Waals surface area contributed by atoms with Crippen molar-refractivity contribution < 1.29 is 9.53 Å². The lowest BCUT2D eigenvalue weighted by atomic mass is 10.2. The van der Waals surface area contributed by atoms with Gasteiger partial charge in [0.1, 0.15) is 0 Å². The second kappa shape index (κ2) is 5.02. The smallest absolute Gasteiger partial charge is 0.249 e. The van der Waals surface area contributed by atoms with Gasteiger partial charge < -0.3 is 9.64 Å². The predicted octanol–water partition coefficient (Wildman–Crippen LogP) is 1.20. The number of rotatable bonds is 2. The van der Waals surface area contributed by atoms with Crippen molar-refractivity contribution in [2.24, 2.45) is 0 Å². The van der Waals surface area contributed by atoms with E-state index in [2.05, 4.69) is 0 Å². The molecule has 0 atom stereocenters. The molecule has 3 nitrogen and oxygen atoms in total. The molecule has 0 aliphatic carbocycles. The van der Waals surface area contributed by atoms with Gasteiger partial charge in [-0.1, -0.05) is 13.0 Å². The highest BCUT2D eigenvalue weighted by molar-refractivity contribution is 5.92. The van der Waals surface area contributed by atoms with E-state index in [0.717, 1.165) is 25.1 Å². The molecule has 3 heteroatoms. The van der Waals surface area contributed by atoms with Gasteiger partial charge in [0.15, 0.2) is 0 Å². The van der Waals surface area contributed by atoms with Crippen LogP contribution < -0.4 is 0 Å². The van der Waals surface area contributed by atoms with Gasteiger partial charge in [-0.15, -0.1) is 0 Å². The molecule has 13 heavy (non-hydrogen) atoms. The molecule has 1 heterocycles. The summed E-state index contributed by atoms with van der Waals surface area (Å²) in [5.41, 5.74) is 0.851. The molecule has 0 spiro atoms. The highest BCUT2D eigenvalue weighted by Gasteiger charge is 2.17. The largest absolute Gasteiger partial charge is 0.378 e. The zero-order valence-electron chi connectivity index (χ0n) is 8.38. The molecule has 1 aliphatic rings. The lowest BCUT2D eigenvalue weighted by molar-refractivity contribution is -0.131. The zero-order valence-corrected chi connectivity index (χ0v) is 8.38. The summed E-state index contributed by atoms with van der Waals surface area (Å²) in [6, 6.07) is 0. The molecule has 0 aromatic heterocycles. The molecule has 1 aliphatic heterocycles. The van der Waals surface area contributed by atoms with Crippen molar-refractivity contribution in [3.8, 4) is 0 Å². The van der Waals surface area contributed by atoms with E-state index in [4.69, 9.17) is 4.74 Å². The minimum absolute atomic E-state index is 0.158. The van der Waals surface area contributed by atoms with Gasteiger partial charge in [-0.2, -0.15) is 0 Å². The molecule has 1 rings (SSSR count). The lowest BCUT2D eigenvalue weighted by Crippen LogP contribution is -2.41. The second-order valence-electron chi connectivity index (χ2n) is 3.20. The number of carbonyl (C=O) groups is 1. The van der Waals surface area contributed by atoms with Crippen LogP contribution in [-0.2, 0) is 9.53 Å². The third kappa shape index (κ3) is 2.84. The van der Waals surface area contributed by atoms with Gasteiger partial charge in [0.05, 0.1) is 13.2 Å². The van der Waals surface area contributed by atoms with Crippen molar-refractivity contribution in [2.75, 3.05) is 26.3 Å². The summed E-state index contributed by atoms with van der Waals surface area (Å²) >= 11 is 0. The summed E-state index contributed by atoms with van der Waals surface area (Å²) in [4.78, 5) is 13.5. The van der Waals surface area contributed by atoms with Crippen LogP contribution in [0.4, 0.5) is 0 Å². The molecule has 0 bridgehead atoms. The summed E-state index contributed by atoms with van der Waals surface area (Å²) in [6.45, 7) is 6.72. The molecule has 0 radical (unpaired) electrons. The fraction of sp³-hybridized carbons (Fsp3) is 0.700. The van der Waals surface area contributed by atoms with Gasteiger partial charge in [0, 0.05) is 18.7 Å². The quantitative estimate of drug-likeness (QED) is 0.602. The number of allylic oxidation sites excluding steroid dienone is 1. The molecule has 1 fully saturated rings. The van der Waals surface area contributed by atoms with Crippen LogP contribution in [0.25, 0.3) is 0 Å². The van der Waals surface area contributed by atoms with Crippen LogP contribution >= 0.6 is 0 Å². The Balaban J connectivity index is 2.50. The molecule has 1 amide bonds. The Morgan fingerprint density at radius 1 is 1.46 bits per heavy atom. The molecule has 0 unspecified atom stereocenters. The van der Waals surface area contributed by atoms with Gasteiger partial charge in [0.2, 0.25) is 5.91 Å². The van der Waals surface area contributed by atoms with E-state index < -0.39 is 0 Å². The molecule has 0 N–H and O–H groups in total. The van der Waals surface area contributed by atoms with Gasteiger partial charge >= 0.3 is 0 Å². The van der Waals surface area contributed by atoms with Gasteiger partial charge in [-0.25, -0.2) is 0 Å². The first-order valence-electron chi connectivity index (χ1n) is 4.79. The van der Waals surface area contributed by atoms with Crippen molar-refractivity contribution in [1.82, 2.24) is 4.90 Å². The molecule has 0 saturated carbocycles. The van der Waals surface area contributed by atoms with Crippen LogP contribution in [-0.4, -0.2) is 37.1 Å². The number of amides is 1. The lowest BCUT2D eigenvalue weighted by Gasteiger charge is -2.27. The Morgan fingerprint density at radius 2 is 2.08 bits per heavy atom. The van der Waals surface area contributed by atoms with Crippen LogP contribution in [0.15, 0.2) is 11.6 Å². The van der Waals surface area contributed by atoms with Crippen LogP contribution in [0, 0.1) is 0 Å². The number of hydrogen-bond acceptors (Lipinski definition) is 2. The molecule has 0 aromatic carbocycles. The fourth-order valence-electron chi connectivity index (χ4n) is 1.41. The topological polar surface area (TPSA) is 29.5 Å². The van der Waals surface area contributed by atoms with Crippen LogP contribution in [0.3, 0.4) is 0 Å². The Hall–Kier alpha value is -0.830. The fourth-order valence-corrected chi connectivity index (χ4v) is 1.41. The molecular weight excluding hydrogens is 166 g/mol. The van der Waals surface area contributed by atoms with Gasteiger partial charge in [0.25, 0.3) is 0 Å². The number of hydrogen-bond donors (Lipinski definition) is 0. The average Bonchev–Trinajstić information content (AvgIpc) is 2.18. The maximum Gasteiger partial charge on any atom is 0.249 e. The summed E-state index contributed by atoms with van der Waals surface area (Å²) in [5.74, 6) is 0.158. The van der Waals surface area contributed by atoms with E-state index in [1.54, 1.807) is 0 Å². The van der Waals surface area contributed by atoms with Crippen molar-refractivity contribution in [3.63, 3.8) is 0 Å². The molecule has 1 saturated heterocycles. The van der Waals surface area contributed by atoms with E-state index in [1.807, 2.05) is 24.8 Å². The van der Waals surface area contributed by atoms with Gasteiger partial charge in [-0.3, -0.25) is 4.79 Å². The number of nitrogens with zero attached hydrogens (tertiary/aromatic N) is 1. The standard InChI is InChI=1S/C10H17NO2/c1-3-4-9(2)10(12)11-5-7-13-8-6-11/h4H,3,5-8H2,1-2H3/b9-4+. The number of morpholine rings is 1. The zero-order chi connectivity index (χ0) is 9.68. The van der Waals surface area contributed by atoms with Crippen molar-refractivity contribution in [3.05, 3.63) is 11.6 Å². The molecule has 0 aromatic rings. The first-order chi connectivity index (χ1) is 6.25.